The fraction of sp³-hybridized carbons (Fsp3) is 0.167. The van der Waals surface area contributed by atoms with E-state index in [0.717, 1.165) is 16.0 Å². The van der Waals surface area contributed by atoms with Crippen molar-refractivity contribution in [1.29, 1.82) is 0 Å². The van der Waals surface area contributed by atoms with E-state index in [1.807, 2.05) is 30.3 Å². The summed E-state index contributed by atoms with van der Waals surface area (Å²) in [5.41, 5.74) is 1.15. The van der Waals surface area contributed by atoms with Crippen LogP contribution in [0.3, 0.4) is 0 Å². The lowest BCUT2D eigenvalue weighted by Gasteiger charge is -2.02. The van der Waals surface area contributed by atoms with Gasteiger partial charge in [-0.3, -0.25) is 0 Å². The molecule has 14 heavy (non-hydrogen) atoms. The van der Waals surface area contributed by atoms with Gasteiger partial charge in [-0.15, -0.1) is 0 Å². The molecule has 0 aliphatic rings. The third-order valence-corrected chi connectivity index (χ3v) is 2.50. The van der Waals surface area contributed by atoms with Gasteiger partial charge >= 0.3 is 0 Å². The topological polar surface area (TPSA) is 20.2 Å². The second-order valence-corrected chi connectivity index (χ2v) is 3.74. The van der Waals surface area contributed by atoms with Gasteiger partial charge in [0.1, 0.15) is 0 Å². The number of hydrogen-bond acceptors (Lipinski definition) is 1. The average molecular weight is 207 g/mol. The molecule has 0 heterocycles. The van der Waals surface area contributed by atoms with Crippen LogP contribution < -0.4 is 0 Å². The molecule has 0 fully saturated rings. The lowest BCUT2D eigenvalue weighted by atomic mass is 10.1. The van der Waals surface area contributed by atoms with Gasteiger partial charge in [0.05, 0.1) is 0 Å². The molecule has 2 heteroatoms. The Morgan fingerprint density at radius 3 is 2.50 bits per heavy atom. The van der Waals surface area contributed by atoms with E-state index < -0.39 is 0 Å². The standard InChI is InChI=1S/C12H11ClO/c13-12-4-3-10-7-9(5-6-14)1-2-11(10)8-12/h1-4,7-8,14H,5-6H2. The van der Waals surface area contributed by atoms with Crippen molar-refractivity contribution in [2.24, 2.45) is 0 Å². The Bertz CT molecular complexity index is 451. The van der Waals surface area contributed by atoms with E-state index in [0.29, 0.717) is 6.42 Å². The van der Waals surface area contributed by atoms with Crippen LogP contribution in [0, 0.1) is 0 Å². The molecule has 2 aromatic carbocycles. The van der Waals surface area contributed by atoms with E-state index in [1.165, 1.54) is 5.39 Å². The van der Waals surface area contributed by atoms with Crippen LogP contribution in [-0.4, -0.2) is 11.7 Å². The van der Waals surface area contributed by atoms with Crippen molar-refractivity contribution in [2.75, 3.05) is 6.61 Å². The zero-order chi connectivity index (χ0) is 9.97. The molecule has 0 bridgehead atoms. The Labute approximate surface area is 87.9 Å². The van der Waals surface area contributed by atoms with Crippen molar-refractivity contribution >= 4 is 22.4 Å². The predicted molar refractivity (Wildman–Crippen MR) is 59.7 cm³/mol. The summed E-state index contributed by atoms with van der Waals surface area (Å²) in [6, 6.07) is 12.0. The maximum atomic E-state index is 8.81. The van der Waals surface area contributed by atoms with E-state index in [-0.39, 0.29) is 6.61 Å². The molecule has 0 radical (unpaired) electrons. The quantitative estimate of drug-likeness (QED) is 0.801. The van der Waals surface area contributed by atoms with Gasteiger partial charge in [-0.2, -0.15) is 0 Å². The molecule has 0 amide bonds. The predicted octanol–water partition coefficient (Wildman–Crippen LogP) is 3.03. The third-order valence-electron chi connectivity index (χ3n) is 2.27. The Kier molecular flexibility index (Phi) is 2.71. The Morgan fingerprint density at radius 2 is 1.71 bits per heavy atom. The molecule has 0 aliphatic carbocycles. The molecule has 1 N–H and O–H groups in total. The summed E-state index contributed by atoms with van der Waals surface area (Å²) in [7, 11) is 0. The minimum absolute atomic E-state index is 0.194. The molecular weight excluding hydrogens is 196 g/mol. The Morgan fingerprint density at radius 1 is 1.00 bits per heavy atom. The molecule has 2 aromatic rings. The molecule has 0 saturated carbocycles. The summed E-state index contributed by atoms with van der Waals surface area (Å²) in [4.78, 5) is 0. The highest BCUT2D eigenvalue weighted by molar-refractivity contribution is 6.31. The number of rotatable bonds is 2. The van der Waals surface area contributed by atoms with Gasteiger partial charge in [-0.1, -0.05) is 35.9 Å². The lowest BCUT2D eigenvalue weighted by molar-refractivity contribution is 0.299. The molecule has 0 aromatic heterocycles. The van der Waals surface area contributed by atoms with Gasteiger partial charge in [-0.25, -0.2) is 0 Å². The zero-order valence-electron chi connectivity index (χ0n) is 7.70. The largest absolute Gasteiger partial charge is 0.396 e. The Balaban J connectivity index is 2.50. The number of fused-ring (bicyclic) bond motifs is 1. The summed E-state index contributed by atoms with van der Waals surface area (Å²) >= 11 is 5.88. The highest BCUT2D eigenvalue weighted by Crippen LogP contribution is 2.20. The maximum absolute atomic E-state index is 8.81. The molecule has 1 nitrogen and oxygen atoms in total. The molecular formula is C12H11ClO. The fourth-order valence-corrected chi connectivity index (χ4v) is 1.73. The average Bonchev–Trinajstić information content (AvgIpc) is 2.19. The number of benzene rings is 2. The van der Waals surface area contributed by atoms with E-state index >= 15 is 0 Å². The Hall–Kier alpha value is -1.05. The first kappa shape index (κ1) is 9.50. The van der Waals surface area contributed by atoms with E-state index in [2.05, 4.69) is 6.07 Å². The molecule has 0 saturated heterocycles. The number of aliphatic hydroxyl groups is 1. The maximum Gasteiger partial charge on any atom is 0.0471 e. The van der Waals surface area contributed by atoms with Crippen molar-refractivity contribution in [3.63, 3.8) is 0 Å². The highest BCUT2D eigenvalue weighted by Gasteiger charge is 1.97. The molecule has 0 atom stereocenters. The minimum Gasteiger partial charge on any atom is -0.396 e. The summed E-state index contributed by atoms with van der Waals surface area (Å²) in [5.74, 6) is 0. The SMILES string of the molecule is OCCc1ccc2cc(Cl)ccc2c1. The number of hydrogen-bond donors (Lipinski definition) is 1. The molecule has 0 unspecified atom stereocenters. The van der Waals surface area contributed by atoms with Crippen LogP contribution in [-0.2, 0) is 6.42 Å². The van der Waals surface area contributed by atoms with Crippen molar-refractivity contribution < 1.29 is 5.11 Å². The van der Waals surface area contributed by atoms with Crippen LogP contribution in [0.25, 0.3) is 10.8 Å². The van der Waals surface area contributed by atoms with Crippen molar-refractivity contribution in [1.82, 2.24) is 0 Å². The fourth-order valence-electron chi connectivity index (χ4n) is 1.55. The van der Waals surface area contributed by atoms with Crippen LogP contribution in [0.5, 0.6) is 0 Å². The first-order valence-electron chi connectivity index (χ1n) is 4.58. The number of aliphatic hydroxyl groups excluding tert-OH is 1. The second kappa shape index (κ2) is 3.99. The second-order valence-electron chi connectivity index (χ2n) is 3.30. The van der Waals surface area contributed by atoms with Gasteiger partial charge in [0.15, 0.2) is 0 Å². The third kappa shape index (κ3) is 1.89. The van der Waals surface area contributed by atoms with Crippen LogP contribution >= 0.6 is 11.6 Å². The van der Waals surface area contributed by atoms with E-state index in [4.69, 9.17) is 16.7 Å². The van der Waals surface area contributed by atoms with Crippen molar-refractivity contribution in [2.45, 2.75) is 6.42 Å². The first-order chi connectivity index (χ1) is 6.79. The normalized spacial score (nSPS) is 10.7. The molecule has 0 spiro atoms. The van der Waals surface area contributed by atoms with Gasteiger partial charge in [0, 0.05) is 11.6 Å². The van der Waals surface area contributed by atoms with Crippen LogP contribution in [0.4, 0.5) is 0 Å². The summed E-state index contributed by atoms with van der Waals surface area (Å²) < 4.78 is 0. The lowest BCUT2D eigenvalue weighted by Crippen LogP contribution is -1.89. The van der Waals surface area contributed by atoms with Crippen LogP contribution in [0.1, 0.15) is 5.56 Å². The molecule has 2 rings (SSSR count). The molecule has 72 valence electrons. The number of halogens is 1. The summed E-state index contributed by atoms with van der Waals surface area (Å²) in [5, 5.41) is 11.9. The summed E-state index contributed by atoms with van der Waals surface area (Å²) in [6.07, 6.45) is 0.707. The highest BCUT2D eigenvalue weighted by atomic mass is 35.5. The monoisotopic (exact) mass is 206 g/mol. The zero-order valence-corrected chi connectivity index (χ0v) is 8.46. The van der Waals surface area contributed by atoms with Gasteiger partial charge in [-0.05, 0) is 34.9 Å². The molecule has 0 aliphatic heterocycles. The van der Waals surface area contributed by atoms with Gasteiger partial charge in [0.25, 0.3) is 0 Å². The van der Waals surface area contributed by atoms with Crippen LogP contribution in [0.15, 0.2) is 36.4 Å². The first-order valence-corrected chi connectivity index (χ1v) is 4.96. The van der Waals surface area contributed by atoms with Crippen molar-refractivity contribution in [3.05, 3.63) is 47.0 Å². The van der Waals surface area contributed by atoms with E-state index in [1.54, 1.807) is 0 Å². The van der Waals surface area contributed by atoms with Crippen molar-refractivity contribution in [3.8, 4) is 0 Å². The smallest absolute Gasteiger partial charge is 0.0471 e. The van der Waals surface area contributed by atoms with Gasteiger partial charge in [0.2, 0.25) is 0 Å². The minimum atomic E-state index is 0.194. The van der Waals surface area contributed by atoms with Gasteiger partial charge < -0.3 is 5.11 Å². The summed E-state index contributed by atoms with van der Waals surface area (Å²) in [6.45, 7) is 0.194. The van der Waals surface area contributed by atoms with E-state index in [9.17, 15) is 0 Å². The van der Waals surface area contributed by atoms with Crippen LogP contribution in [0.2, 0.25) is 5.02 Å².